The van der Waals surface area contributed by atoms with E-state index >= 15 is 0 Å². The van der Waals surface area contributed by atoms with Gasteiger partial charge in [0.2, 0.25) is 0 Å². The molecule has 0 aliphatic rings. The van der Waals surface area contributed by atoms with Gasteiger partial charge in [-0.25, -0.2) is 4.98 Å². The molecule has 2 N–H and O–H groups in total. The van der Waals surface area contributed by atoms with Gasteiger partial charge in [-0.05, 0) is 24.1 Å². The third-order valence-electron chi connectivity index (χ3n) is 2.37. The summed E-state index contributed by atoms with van der Waals surface area (Å²) in [6, 6.07) is 7.94. The second kappa shape index (κ2) is 5.43. The average Bonchev–Trinajstić information content (AvgIpc) is 2.74. The monoisotopic (exact) mass is 252 g/mol. The third-order valence-corrected chi connectivity index (χ3v) is 3.25. The van der Waals surface area contributed by atoms with Crippen LogP contribution in [0.1, 0.15) is 11.3 Å². The number of rotatable bonds is 4. The molecule has 1 unspecified atom stereocenters. The summed E-state index contributed by atoms with van der Waals surface area (Å²) in [6.07, 6.45) is 1.68. The fourth-order valence-electron chi connectivity index (χ4n) is 1.60. The van der Waals surface area contributed by atoms with Crippen molar-refractivity contribution in [3.63, 3.8) is 0 Å². The van der Waals surface area contributed by atoms with Crippen LogP contribution in [0.15, 0.2) is 35.2 Å². The lowest BCUT2D eigenvalue weighted by Crippen LogP contribution is -2.25. The van der Waals surface area contributed by atoms with Crippen LogP contribution >= 0.6 is 22.9 Å². The van der Waals surface area contributed by atoms with Gasteiger partial charge in [-0.15, -0.1) is 11.3 Å². The molecule has 16 heavy (non-hydrogen) atoms. The molecule has 4 heteroatoms. The van der Waals surface area contributed by atoms with E-state index in [2.05, 4.69) is 4.98 Å². The van der Waals surface area contributed by atoms with Crippen LogP contribution in [0.3, 0.4) is 0 Å². The normalized spacial score (nSPS) is 12.6. The van der Waals surface area contributed by atoms with Gasteiger partial charge in [-0.3, -0.25) is 0 Å². The molecule has 0 spiro atoms. The molecule has 84 valence electrons. The Morgan fingerprint density at radius 1 is 1.25 bits per heavy atom. The van der Waals surface area contributed by atoms with E-state index in [0.717, 1.165) is 23.6 Å². The third kappa shape index (κ3) is 3.30. The van der Waals surface area contributed by atoms with Crippen molar-refractivity contribution >= 4 is 22.9 Å². The first-order valence-electron chi connectivity index (χ1n) is 5.11. The van der Waals surface area contributed by atoms with Gasteiger partial charge in [0.15, 0.2) is 0 Å². The molecule has 0 aliphatic carbocycles. The van der Waals surface area contributed by atoms with Crippen molar-refractivity contribution in [1.82, 2.24) is 4.98 Å². The zero-order valence-corrected chi connectivity index (χ0v) is 10.3. The summed E-state index contributed by atoms with van der Waals surface area (Å²) in [6.45, 7) is 0. The summed E-state index contributed by atoms with van der Waals surface area (Å²) in [5, 5.41) is 2.80. The van der Waals surface area contributed by atoms with E-state index in [4.69, 9.17) is 17.3 Å². The predicted molar refractivity (Wildman–Crippen MR) is 68.9 cm³/mol. The first-order chi connectivity index (χ1) is 7.74. The SMILES string of the molecule is NC(Cc1ccc(Cl)cc1)Cc1cscn1. The molecule has 0 bridgehead atoms. The van der Waals surface area contributed by atoms with Crippen LogP contribution in [-0.4, -0.2) is 11.0 Å². The maximum absolute atomic E-state index is 6.07. The molecule has 2 nitrogen and oxygen atoms in total. The lowest BCUT2D eigenvalue weighted by molar-refractivity contribution is 0.656. The number of nitrogens with zero attached hydrogens (tertiary/aromatic N) is 1. The van der Waals surface area contributed by atoms with E-state index in [1.54, 1.807) is 11.3 Å². The Labute approximate surface area is 104 Å². The van der Waals surface area contributed by atoms with Crippen LogP contribution in [0.25, 0.3) is 0 Å². The first-order valence-corrected chi connectivity index (χ1v) is 6.43. The molecule has 0 saturated heterocycles. The molecule has 0 radical (unpaired) electrons. The minimum atomic E-state index is 0.114. The Kier molecular flexibility index (Phi) is 3.93. The highest BCUT2D eigenvalue weighted by molar-refractivity contribution is 7.07. The summed E-state index contributed by atoms with van der Waals surface area (Å²) in [7, 11) is 0. The van der Waals surface area contributed by atoms with Gasteiger partial charge >= 0.3 is 0 Å². The highest BCUT2D eigenvalue weighted by Crippen LogP contribution is 2.12. The Hall–Kier alpha value is -0.900. The van der Waals surface area contributed by atoms with Gasteiger partial charge in [0.25, 0.3) is 0 Å². The van der Waals surface area contributed by atoms with Crippen LogP contribution in [0, 0.1) is 0 Å². The minimum Gasteiger partial charge on any atom is -0.327 e. The summed E-state index contributed by atoms with van der Waals surface area (Å²) in [4.78, 5) is 4.23. The lowest BCUT2D eigenvalue weighted by Gasteiger charge is -2.09. The Morgan fingerprint density at radius 3 is 2.62 bits per heavy atom. The van der Waals surface area contributed by atoms with Crippen LogP contribution in [0.2, 0.25) is 5.02 Å². The fourth-order valence-corrected chi connectivity index (χ4v) is 2.30. The molecule has 1 heterocycles. The second-order valence-corrected chi connectivity index (χ2v) is 4.93. The van der Waals surface area contributed by atoms with Crippen molar-refractivity contribution < 1.29 is 0 Å². The van der Waals surface area contributed by atoms with Crippen LogP contribution in [0.5, 0.6) is 0 Å². The number of hydrogen-bond donors (Lipinski definition) is 1. The van der Waals surface area contributed by atoms with Gasteiger partial charge < -0.3 is 5.73 Å². The Bertz CT molecular complexity index is 425. The highest BCUT2D eigenvalue weighted by Gasteiger charge is 2.06. The molecule has 0 amide bonds. The molecule has 0 saturated carbocycles. The fraction of sp³-hybridized carbons (Fsp3) is 0.250. The van der Waals surface area contributed by atoms with Crippen molar-refractivity contribution in [3.8, 4) is 0 Å². The highest BCUT2D eigenvalue weighted by atomic mass is 35.5. The quantitative estimate of drug-likeness (QED) is 0.909. The zero-order chi connectivity index (χ0) is 11.4. The predicted octanol–water partition coefficient (Wildman–Crippen LogP) is 2.91. The largest absolute Gasteiger partial charge is 0.327 e. The number of thiazole rings is 1. The van der Waals surface area contributed by atoms with E-state index in [1.807, 2.05) is 35.2 Å². The molecule has 0 fully saturated rings. The lowest BCUT2D eigenvalue weighted by atomic mass is 10.0. The molecule has 1 atom stereocenters. The first kappa shape index (κ1) is 11.6. The maximum atomic E-state index is 6.07. The van der Waals surface area contributed by atoms with E-state index in [1.165, 1.54) is 5.56 Å². The average molecular weight is 253 g/mol. The van der Waals surface area contributed by atoms with Gasteiger partial charge in [0.05, 0.1) is 11.2 Å². The van der Waals surface area contributed by atoms with Gasteiger partial charge in [0, 0.05) is 22.9 Å². The van der Waals surface area contributed by atoms with Crippen LogP contribution in [0.4, 0.5) is 0 Å². The van der Waals surface area contributed by atoms with Gasteiger partial charge in [-0.1, -0.05) is 23.7 Å². The summed E-state index contributed by atoms with van der Waals surface area (Å²) < 4.78 is 0. The van der Waals surface area contributed by atoms with Gasteiger partial charge in [-0.2, -0.15) is 0 Å². The molecular formula is C12H13ClN2S. The van der Waals surface area contributed by atoms with Crippen LogP contribution < -0.4 is 5.73 Å². The van der Waals surface area contributed by atoms with Crippen molar-refractivity contribution in [2.24, 2.45) is 5.73 Å². The van der Waals surface area contributed by atoms with E-state index < -0.39 is 0 Å². The molecule has 1 aromatic carbocycles. The Morgan fingerprint density at radius 2 is 2.00 bits per heavy atom. The van der Waals surface area contributed by atoms with Gasteiger partial charge in [0.1, 0.15) is 0 Å². The van der Waals surface area contributed by atoms with E-state index in [-0.39, 0.29) is 6.04 Å². The smallest absolute Gasteiger partial charge is 0.0794 e. The topological polar surface area (TPSA) is 38.9 Å². The second-order valence-electron chi connectivity index (χ2n) is 3.77. The number of hydrogen-bond acceptors (Lipinski definition) is 3. The number of benzene rings is 1. The van der Waals surface area contributed by atoms with Crippen molar-refractivity contribution in [3.05, 3.63) is 51.4 Å². The summed E-state index contributed by atoms with van der Waals surface area (Å²) in [5.41, 5.74) is 10.2. The molecule has 2 aromatic rings. The van der Waals surface area contributed by atoms with Crippen molar-refractivity contribution in [2.45, 2.75) is 18.9 Å². The summed E-state index contributed by atoms with van der Waals surface area (Å²) in [5.74, 6) is 0. The van der Waals surface area contributed by atoms with E-state index in [9.17, 15) is 0 Å². The van der Waals surface area contributed by atoms with E-state index in [0.29, 0.717) is 0 Å². The minimum absolute atomic E-state index is 0.114. The maximum Gasteiger partial charge on any atom is 0.0794 e. The van der Waals surface area contributed by atoms with Crippen LogP contribution in [-0.2, 0) is 12.8 Å². The molecular weight excluding hydrogens is 240 g/mol. The number of halogens is 1. The standard InChI is InChI=1S/C12H13ClN2S/c13-10-3-1-9(2-4-10)5-11(14)6-12-7-16-8-15-12/h1-4,7-8,11H,5-6,14H2. The molecule has 2 rings (SSSR count). The summed E-state index contributed by atoms with van der Waals surface area (Å²) >= 11 is 7.43. The number of aromatic nitrogens is 1. The van der Waals surface area contributed by atoms with Crippen molar-refractivity contribution in [1.29, 1.82) is 0 Å². The van der Waals surface area contributed by atoms with Crippen molar-refractivity contribution in [2.75, 3.05) is 0 Å². The Balaban J connectivity index is 1.92. The zero-order valence-electron chi connectivity index (χ0n) is 8.77. The number of nitrogens with two attached hydrogens (primary N) is 1. The molecule has 1 aromatic heterocycles. The molecule has 0 aliphatic heterocycles.